The number of H-pyrrole nitrogens is 2. The van der Waals surface area contributed by atoms with Crippen LogP contribution in [0.3, 0.4) is 0 Å². The van der Waals surface area contributed by atoms with Gasteiger partial charge in [-0.3, -0.25) is 5.10 Å². The number of ether oxygens (including phenoxy) is 2. The first-order chi connectivity index (χ1) is 14.6. The predicted molar refractivity (Wildman–Crippen MR) is 110 cm³/mol. The third-order valence-electron chi connectivity index (χ3n) is 4.58. The van der Waals surface area contributed by atoms with E-state index in [0.29, 0.717) is 46.0 Å². The van der Waals surface area contributed by atoms with E-state index in [1.54, 1.807) is 32.0 Å². The van der Waals surface area contributed by atoms with Crippen LogP contribution in [0.4, 0.5) is 0 Å². The first kappa shape index (κ1) is 19.4. The van der Waals surface area contributed by atoms with Crippen LogP contribution >= 0.6 is 0 Å². The molecule has 0 aliphatic rings. The highest BCUT2D eigenvalue weighted by Gasteiger charge is 2.23. The van der Waals surface area contributed by atoms with Crippen molar-refractivity contribution in [3.8, 4) is 11.5 Å². The fourth-order valence-electron chi connectivity index (χ4n) is 3.10. The molecular formula is C22H20N4O4. The summed E-state index contributed by atoms with van der Waals surface area (Å²) < 4.78 is 10.5. The number of hydrogen-bond acceptors (Lipinski definition) is 6. The van der Waals surface area contributed by atoms with Gasteiger partial charge in [-0.2, -0.15) is 5.10 Å². The van der Waals surface area contributed by atoms with Crippen molar-refractivity contribution < 1.29 is 19.1 Å². The summed E-state index contributed by atoms with van der Waals surface area (Å²) >= 11 is 0. The zero-order chi connectivity index (χ0) is 21.1. The Morgan fingerprint density at radius 1 is 1.03 bits per heavy atom. The number of nitrogens with zero attached hydrogens (tertiary/aromatic N) is 2. The largest absolute Gasteiger partial charge is 0.462 e. The van der Waals surface area contributed by atoms with E-state index in [9.17, 15) is 9.59 Å². The molecule has 2 aromatic heterocycles. The lowest BCUT2D eigenvalue weighted by atomic mass is 10.2. The fraction of sp³-hybridized carbons (Fsp3) is 0.182. The van der Waals surface area contributed by atoms with Crippen LogP contribution in [0.5, 0.6) is 0 Å². The summed E-state index contributed by atoms with van der Waals surface area (Å²) in [5.41, 5.74) is 3.83. The van der Waals surface area contributed by atoms with Crippen molar-refractivity contribution in [1.82, 2.24) is 20.2 Å². The number of nitrogens with one attached hydrogen (secondary N) is 2. The number of benzene rings is 2. The Morgan fingerprint density at radius 2 is 1.83 bits per heavy atom. The Labute approximate surface area is 172 Å². The SMILES string of the molecule is CCOC(=O)c1ccc2[nH]c(-c3n[nH]c(C)c3C(=O)OCc3ccccc3)nc2c1. The monoisotopic (exact) mass is 404 g/mol. The average Bonchev–Trinajstić information content (AvgIpc) is 3.35. The number of hydrogen-bond donors (Lipinski definition) is 2. The zero-order valence-electron chi connectivity index (χ0n) is 16.6. The highest BCUT2D eigenvalue weighted by Crippen LogP contribution is 2.25. The maximum absolute atomic E-state index is 12.7. The highest BCUT2D eigenvalue weighted by molar-refractivity contribution is 5.98. The maximum atomic E-state index is 12.7. The molecule has 0 bridgehead atoms. The summed E-state index contributed by atoms with van der Waals surface area (Å²) in [5.74, 6) is -0.500. The summed E-state index contributed by atoms with van der Waals surface area (Å²) in [6.45, 7) is 3.95. The van der Waals surface area contributed by atoms with Gasteiger partial charge in [0.15, 0.2) is 5.82 Å². The molecule has 4 rings (SSSR count). The van der Waals surface area contributed by atoms with E-state index in [4.69, 9.17) is 9.47 Å². The van der Waals surface area contributed by atoms with Crippen molar-refractivity contribution in [2.45, 2.75) is 20.5 Å². The molecule has 30 heavy (non-hydrogen) atoms. The third-order valence-corrected chi connectivity index (χ3v) is 4.58. The summed E-state index contributed by atoms with van der Waals surface area (Å²) in [6.07, 6.45) is 0. The summed E-state index contributed by atoms with van der Waals surface area (Å²) in [6, 6.07) is 14.5. The second kappa shape index (κ2) is 8.20. The van der Waals surface area contributed by atoms with Gasteiger partial charge in [0.2, 0.25) is 0 Å². The second-order valence-corrected chi connectivity index (χ2v) is 6.67. The average molecular weight is 404 g/mol. The van der Waals surface area contributed by atoms with E-state index in [0.717, 1.165) is 5.56 Å². The predicted octanol–water partition coefficient (Wildman–Crippen LogP) is 3.80. The number of imidazole rings is 1. The topological polar surface area (TPSA) is 110 Å². The van der Waals surface area contributed by atoms with Crippen LogP contribution in [0.1, 0.15) is 38.9 Å². The molecule has 0 aliphatic heterocycles. The molecule has 0 atom stereocenters. The van der Waals surface area contributed by atoms with Crippen molar-refractivity contribution in [2.24, 2.45) is 0 Å². The van der Waals surface area contributed by atoms with Crippen LogP contribution in [0.15, 0.2) is 48.5 Å². The van der Waals surface area contributed by atoms with Crippen LogP contribution in [-0.4, -0.2) is 38.7 Å². The van der Waals surface area contributed by atoms with Crippen molar-refractivity contribution in [2.75, 3.05) is 6.61 Å². The van der Waals surface area contributed by atoms with Crippen molar-refractivity contribution >= 4 is 23.0 Å². The molecule has 2 heterocycles. The molecule has 4 aromatic rings. The van der Waals surface area contributed by atoms with Gasteiger partial charge >= 0.3 is 11.9 Å². The van der Waals surface area contributed by atoms with Crippen LogP contribution < -0.4 is 0 Å². The lowest BCUT2D eigenvalue weighted by Crippen LogP contribution is -2.07. The van der Waals surface area contributed by atoms with Gasteiger partial charge in [0.1, 0.15) is 17.9 Å². The van der Waals surface area contributed by atoms with E-state index in [1.165, 1.54) is 0 Å². The molecule has 152 valence electrons. The Bertz CT molecular complexity index is 1210. The first-order valence-corrected chi connectivity index (χ1v) is 9.50. The van der Waals surface area contributed by atoms with Gasteiger partial charge in [0.05, 0.1) is 23.2 Å². The minimum absolute atomic E-state index is 0.159. The molecule has 0 unspecified atom stereocenters. The summed E-state index contributed by atoms with van der Waals surface area (Å²) in [5, 5.41) is 7.05. The van der Waals surface area contributed by atoms with Gasteiger partial charge in [-0.25, -0.2) is 14.6 Å². The lowest BCUT2D eigenvalue weighted by Gasteiger charge is -2.05. The number of esters is 2. The van der Waals surface area contributed by atoms with Gasteiger partial charge in [-0.05, 0) is 37.6 Å². The molecule has 0 radical (unpaired) electrons. The Balaban J connectivity index is 1.62. The fourth-order valence-corrected chi connectivity index (χ4v) is 3.10. The molecule has 0 saturated heterocycles. The Hall–Kier alpha value is -3.94. The van der Waals surface area contributed by atoms with Gasteiger partial charge in [0, 0.05) is 5.69 Å². The van der Waals surface area contributed by atoms with Crippen molar-refractivity contribution in [1.29, 1.82) is 0 Å². The molecule has 2 aromatic carbocycles. The van der Waals surface area contributed by atoms with E-state index in [2.05, 4.69) is 20.2 Å². The number of carbonyl (C=O) groups excluding carboxylic acids is 2. The molecule has 8 nitrogen and oxygen atoms in total. The number of aromatic nitrogens is 4. The van der Waals surface area contributed by atoms with Crippen LogP contribution in [0.2, 0.25) is 0 Å². The highest BCUT2D eigenvalue weighted by atomic mass is 16.5. The third kappa shape index (κ3) is 3.80. The van der Waals surface area contributed by atoms with Crippen molar-refractivity contribution in [3.05, 3.63) is 70.9 Å². The van der Waals surface area contributed by atoms with E-state index in [-0.39, 0.29) is 6.61 Å². The summed E-state index contributed by atoms with van der Waals surface area (Å²) in [4.78, 5) is 32.3. The smallest absolute Gasteiger partial charge is 0.342 e. The van der Waals surface area contributed by atoms with Gasteiger partial charge in [-0.15, -0.1) is 0 Å². The van der Waals surface area contributed by atoms with Crippen molar-refractivity contribution in [3.63, 3.8) is 0 Å². The Morgan fingerprint density at radius 3 is 2.60 bits per heavy atom. The van der Waals surface area contributed by atoms with Crippen LogP contribution in [-0.2, 0) is 16.1 Å². The lowest BCUT2D eigenvalue weighted by molar-refractivity contribution is 0.0471. The standard InChI is InChI=1S/C22H20N4O4/c1-3-29-21(27)15-9-10-16-17(11-15)24-20(23-16)19-18(13(2)25-26-19)22(28)30-12-14-7-5-4-6-8-14/h4-11H,3,12H2,1-2H3,(H,23,24)(H,25,26). The molecule has 0 amide bonds. The quantitative estimate of drug-likeness (QED) is 0.473. The molecule has 2 N–H and O–H groups in total. The molecule has 8 heteroatoms. The van der Waals surface area contributed by atoms with Gasteiger partial charge in [0.25, 0.3) is 0 Å². The normalized spacial score (nSPS) is 10.9. The van der Waals surface area contributed by atoms with Gasteiger partial charge < -0.3 is 14.5 Å². The van der Waals surface area contributed by atoms with Gasteiger partial charge in [-0.1, -0.05) is 30.3 Å². The van der Waals surface area contributed by atoms with E-state index >= 15 is 0 Å². The molecule has 0 saturated carbocycles. The number of carbonyl (C=O) groups is 2. The molecular weight excluding hydrogens is 384 g/mol. The molecule has 0 fully saturated rings. The molecule has 0 spiro atoms. The first-order valence-electron chi connectivity index (χ1n) is 9.50. The number of rotatable bonds is 6. The second-order valence-electron chi connectivity index (χ2n) is 6.67. The number of fused-ring (bicyclic) bond motifs is 1. The zero-order valence-corrected chi connectivity index (χ0v) is 16.6. The molecule has 0 aliphatic carbocycles. The van der Waals surface area contributed by atoms with Crippen LogP contribution in [0.25, 0.3) is 22.6 Å². The van der Waals surface area contributed by atoms with Crippen LogP contribution in [0, 0.1) is 6.92 Å². The van der Waals surface area contributed by atoms with E-state index < -0.39 is 11.9 Å². The van der Waals surface area contributed by atoms with E-state index in [1.807, 2.05) is 30.3 Å². The number of aryl methyl sites for hydroxylation is 1. The maximum Gasteiger partial charge on any atom is 0.342 e. The number of aromatic amines is 2. The summed E-state index contributed by atoms with van der Waals surface area (Å²) in [7, 11) is 0. The Kier molecular flexibility index (Phi) is 5.30. The minimum atomic E-state index is -0.493. The minimum Gasteiger partial charge on any atom is -0.462 e.